The van der Waals surface area contributed by atoms with Gasteiger partial charge in [0.05, 0.1) is 7.11 Å². The summed E-state index contributed by atoms with van der Waals surface area (Å²) in [5.41, 5.74) is 3.70. The number of nitrogens with one attached hydrogen (secondary N) is 1. The average molecular weight is 388 g/mol. The minimum Gasteiger partial charge on any atom is -0.467 e. The van der Waals surface area contributed by atoms with E-state index < -0.39 is 12.0 Å². The Kier molecular flexibility index (Phi) is 7.79. The van der Waals surface area contributed by atoms with Gasteiger partial charge in [-0.25, -0.2) is 14.8 Å². The summed E-state index contributed by atoms with van der Waals surface area (Å²) in [5.74, 6) is -0.652. The van der Waals surface area contributed by atoms with E-state index in [1.54, 1.807) is 0 Å². The number of methoxy groups -OCH3 is 1. The Morgan fingerprint density at radius 2 is 1.78 bits per heavy atom. The topological polar surface area (TPSA) is 81.2 Å². The molecule has 6 nitrogen and oxygen atoms in total. The minimum absolute atomic E-state index is 0.200. The molecule has 7 heteroatoms. The third-order valence-corrected chi connectivity index (χ3v) is 4.84. The first-order valence-electron chi connectivity index (χ1n) is 8.73. The van der Waals surface area contributed by atoms with Crippen LogP contribution in [0.4, 0.5) is 0 Å². The highest BCUT2D eigenvalue weighted by Crippen LogP contribution is 2.17. The number of hydrogen-bond donors (Lipinski definition) is 1. The van der Waals surface area contributed by atoms with Gasteiger partial charge in [0.15, 0.2) is 5.16 Å². The van der Waals surface area contributed by atoms with Gasteiger partial charge in [-0.2, -0.15) is 0 Å². The molecule has 1 N–H and O–H groups in total. The Morgan fingerprint density at radius 1 is 1.15 bits per heavy atom. The van der Waals surface area contributed by atoms with Crippen molar-refractivity contribution in [3.05, 3.63) is 52.8 Å². The van der Waals surface area contributed by atoms with Crippen LogP contribution in [0, 0.1) is 13.8 Å². The lowest BCUT2D eigenvalue weighted by Crippen LogP contribution is -2.43. The monoisotopic (exact) mass is 387 g/mol. The molecule has 0 aliphatic carbocycles. The number of aromatic nitrogens is 2. The predicted octanol–water partition coefficient (Wildman–Crippen LogP) is 2.65. The average Bonchev–Trinajstić information content (AvgIpc) is 2.66. The zero-order valence-electron chi connectivity index (χ0n) is 16.1. The van der Waals surface area contributed by atoms with Crippen molar-refractivity contribution in [2.75, 3.05) is 13.4 Å². The zero-order chi connectivity index (χ0) is 19.8. The molecule has 0 spiro atoms. The van der Waals surface area contributed by atoms with Gasteiger partial charge in [-0.3, -0.25) is 4.79 Å². The molecule has 0 aliphatic heterocycles. The van der Waals surface area contributed by atoms with Crippen molar-refractivity contribution in [2.45, 2.75) is 44.3 Å². The second-order valence-electron chi connectivity index (χ2n) is 6.19. The largest absolute Gasteiger partial charge is 0.467 e. The van der Waals surface area contributed by atoms with Gasteiger partial charge in [0.2, 0.25) is 5.91 Å². The molecule has 1 amide bonds. The lowest BCUT2D eigenvalue weighted by Gasteiger charge is -2.17. The molecule has 27 heavy (non-hydrogen) atoms. The number of carbonyl (C=O) groups is 2. The molecule has 2 rings (SSSR count). The molecular formula is C20H25N3O3S. The van der Waals surface area contributed by atoms with E-state index in [-0.39, 0.29) is 12.3 Å². The first-order valence-corrected chi connectivity index (χ1v) is 9.96. The van der Waals surface area contributed by atoms with Crippen LogP contribution >= 0.6 is 11.8 Å². The lowest BCUT2D eigenvalue weighted by molar-refractivity contribution is -0.145. The number of rotatable bonds is 8. The van der Waals surface area contributed by atoms with E-state index in [1.165, 1.54) is 18.9 Å². The molecule has 1 aromatic carbocycles. The summed E-state index contributed by atoms with van der Waals surface area (Å²) in [4.78, 5) is 33.3. The number of ether oxygens (including phenoxy) is 1. The zero-order valence-corrected chi connectivity index (χ0v) is 16.9. The highest BCUT2D eigenvalue weighted by atomic mass is 32.2. The molecule has 0 fully saturated rings. The Labute approximate surface area is 164 Å². The van der Waals surface area contributed by atoms with Crippen LogP contribution in [0.5, 0.6) is 0 Å². The summed E-state index contributed by atoms with van der Waals surface area (Å²) in [6.45, 7) is 3.85. The maximum atomic E-state index is 12.4. The van der Waals surface area contributed by atoms with Gasteiger partial charge in [-0.1, -0.05) is 42.1 Å². The number of aryl methyl sites for hydroxylation is 2. The van der Waals surface area contributed by atoms with Gasteiger partial charge in [0.25, 0.3) is 0 Å². The van der Waals surface area contributed by atoms with Crippen LogP contribution in [0.2, 0.25) is 0 Å². The van der Waals surface area contributed by atoms with Gasteiger partial charge in [0, 0.05) is 24.2 Å². The van der Waals surface area contributed by atoms with Crippen LogP contribution in [-0.4, -0.2) is 41.3 Å². The van der Waals surface area contributed by atoms with E-state index in [1.807, 2.05) is 50.4 Å². The van der Waals surface area contributed by atoms with Crippen molar-refractivity contribution in [2.24, 2.45) is 0 Å². The van der Waals surface area contributed by atoms with Crippen molar-refractivity contribution in [1.29, 1.82) is 0 Å². The maximum Gasteiger partial charge on any atom is 0.328 e. The number of nitrogens with zero attached hydrogens (tertiary/aromatic N) is 2. The third-order valence-electron chi connectivity index (χ3n) is 4.29. The van der Waals surface area contributed by atoms with E-state index >= 15 is 0 Å². The quantitative estimate of drug-likeness (QED) is 0.426. The Morgan fingerprint density at radius 3 is 2.33 bits per heavy atom. The van der Waals surface area contributed by atoms with Crippen molar-refractivity contribution >= 4 is 23.6 Å². The fraction of sp³-hybridized carbons (Fsp3) is 0.400. The van der Waals surface area contributed by atoms with Crippen LogP contribution in [0.1, 0.15) is 28.9 Å². The van der Waals surface area contributed by atoms with Crippen molar-refractivity contribution in [1.82, 2.24) is 15.3 Å². The number of thioether (sulfide) groups is 1. The van der Waals surface area contributed by atoms with Crippen molar-refractivity contribution in [3.63, 3.8) is 0 Å². The molecule has 1 heterocycles. The SMILES string of the molecule is COC(=O)[C@@H](Cc1ccccc1)NC(=O)CCc1c(C)nc(SC)nc1C. The minimum atomic E-state index is -0.706. The van der Waals surface area contributed by atoms with E-state index in [9.17, 15) is 9.59 Å². The van der Waals surface area contributed by atoms with E-state index in [4.69, 9.17) is 4.74 Å². The van der Waals surface area contributed by atoms with Crippen LogP contribution in [-0.2, 0) is 27.2 Å². The third kappa shape index (κ3) is 6.06. The maximum absolute atomic E-state index is 12.4. The smallest absolute Gasteiger partial charge is 0.328 e. The highest BCUT2D eigenvalue weighted by Gasteiger charge is 2.22. The Balaban J connectivity index is 2.00. The van der Waals surface area contributed by atoms with E-state index in [0.717, 1.165) is 27.7 Å². The first-order chi connectivity index (χ1) is 12.9. The molecule has 0 saturated heterocycles. The predicted molar refractivity (Wildman–Crippen MR) is 106 cm³/mol. The molecule has 0 bridgehead atoms. The first kappa shape index (κ1) is 20.9. The van der Waals surface area contributed by atoms with Gasteiger partial charge < -0.3 is 10.1 Å². The van der Waals surface area contributed by atoms with E-state index in [2.05, 4.69) is 15.3 Å². The molecule has 0 unspecified atom stereocenters. The fourth-order valence-electron chi connectivity index (χ4n) is 2.85. The molecule has 0 radical (unpaired) electrons. The highest BCUT2D eigenvalue weighted by molar-refractivity contribution is 7.98. The van der Waals surface area contributed by atoms with Gasteiger partial charge in [-0.15, -0.1) is 0 Å². The van der Waals surface area contributed by atoms with Crippen LogP contribution in [0.15, 0.2) is 35.5 Å². The second-order valence-corrected chi connectivity index (χ2v) is 6.97. The van der Waals surface area contributed by atoms with Crippen molar-refractivity contribution < 1.29 is 14.3 Å². The van der Waals surface area contributed by atoms with Crippen molar-refractivity contribution in [3.8, 4) is 0 Å². The normalized spacial score (nSPS) is 11.7. The Hall–Kier alpha value is -2.41. The summed E-state index contributed by atoms with van der Waals surface area (Å²) >= 11 is 1.49. The molecule has 1 aromatic heterocycles. The number of amides is 1. The van der Waals surface area contributed by atoms with Gasteiger partial charge in [0.1, 0.15) is 6.04 Å². The van der Waals surface area contributed by atoms with E-state index in [0.29, 0.717) is 12.8 Å². The summed E-state index contributed by atoms with van der Waals surface area (Å²) in [6.07, 6.45) is 3.10. The van der Waals surface area contributed by atoms with Crippen LogP contribution in [0.25, 0.3) is 0 Å². The second kappa shape index (κ2) is 10.1. The van der Waals surface area contributed by atoms with Gasteiger partial charge in [-0.05, 0) is 37.7 Å². The van der Waals surface area contributed by atoms with Crippen LogP contribution < -0.4 is 5.32 Å². The summed E-state index contributed by atoms with van der Waals surface area (Å²) in [5, 5.41) is 3.52. The lowest BCUT2D eigenvalue weighted by atomic mass is 10.0. The molecular weight excluding hydrogens is 362 g/mol. The number of esters is 1. The fourth-order valence-corrected chi connectivity index (χ4v) is 3.31. The number of benzene rings is 1. The van der Waals surface area contributed by atoms with Crippen LogP contribution in [0.3, 0.4) is 0 Å². The summed E-state index contributed by atoms with van der Waals surface area (Å²) < 4.78 is 4.84. The standard InChI is InChI=1S/C20H25N3O3S/c1-13-16(14(2)22-20(21-13)27-4)10-11-18(24)23-17(19(25)26-3)12-15-8-6-5-7-9-15/h5-9,17H,10-12H2,1-4H3,(H,23,24)/t17-/m1/s1. The molecule has 144 valence electrons. The molecule has 1 atom stereocenters. The Bertz CT molecular complexity index is 773. The number of hydrogen-bond acceptors (Lipinski definition) is 6. The molecule has 0 aliphatic rings. The molecule has 0 saturated carbocycles. The summed E-state index contributed by atoms with van der Waals surface area (Å²) in [7, 11) is 1.32. The summed E-state index contributed by atoms with van der Waals surface area (Å²) in [6, 6.07) is 8.83. The molecule has 2 aromatic rings. The number of carbonyl (C=O) groups excluding carboxylic acids is 2. The van der Waals surface area contributed by atoms with Gasteiger partial charge >= 0.3 is 5.97 Å².